The molecule has 0 fully saturated rings. The third-order valence-electron chi connectivity index (χ3n) is 5.86. The highest BCUT2D eigenvalue weighted by molar-refractivity contribution is 7.89. The number of hydrogen-bond donors (Lipinski definition) is 1. The molecule has 0 bridgehead atoms. The van der Waals surface area contributed by atoms with Crippen molar-refractivity contribution < 1.29 is 18.3 Å². The molecule has 0 aromatic heterocycles. The lowest BCUT2D eigenvalue weighted by molar-refractivity contribution is 0.0698. The van der Waals surface area contributed by atoms with Crippen LogP contribution in [0.4, 0.5) is 0 Å². The van der Waals surface area contributed by atoms with Crippen molar-refractivity contribution in [3.05, 3.63) is 77.4 Å². The first-order chi connectivity index (χ1) is 15.3. The first kappa shape index (κ1) is 24.0. The fourth-order valence-electron chi connectivity index (χ4n) is 4.00. The number of aromatic carboxylic acids is 1. The molecular formula is C26H31NO4S. The van der Waals surface area contributed by atoms with Crippen molar-refractivity contribution in [2.75, 3.05) is 13.1 Å². The van der Waals surface area contributed by atoms with Crippen molar-refractivity contribution in [2.45, 2.75) is 50.8 Å². The van der Waals surface area contributed by atoms with Crippen LogP contribution in [0.3, 0.4) is 0 Å². The molecule has 2 aliphatic carbocycles. The van der Waals surface area contributed by atoms with Crippen LogP contribution in [-0.4, -0.2) is 36.9 Å². The predicted octanol–water partition coefficient (Wildman–Crippen LogP) is 5.65. The quantitative estimate of drug-likeness (QED) is 0.403. The number of carbonyl (C=O) groups is 1. The highest BCUT2D eigenvalue weighted by Crippen LogP contribution is 2.34. The van der Waals surface area contributed by atoms with Crippen molar-refractivity contribution in [3.8, 4) is 11.1 Å². The Bertz CT molecular complexity index is 1140. The Morgan fingerprint density at radius 2 is 1.62 bits per heavy atom. The topological polar surface area (TPSA) is 74.7 Å². The normalized spacial score (nSPS) is 12.0. The molecule has 170 valence electrons. The van der Waals surface area contributed by atoms with Gasteiger partial charge in [0.2, 0.25) is 10.0 Å². The standard InChI is InChI=1S/C26H31NO4S/c1-4-27(32(30,31)22-11-6-5-7-12-22)17-9-8-10-21-18-25(26(28)29)24-16-14-20(19(2)3)13-15-23(21)24/h5-7,11-16,18-19H,4,8-10,17H2,1-3H3,(H,28,29). The highest BCUT2D eigenvalue weighted by Gasteiger charge is 2.23. The second-order valence-electron chi connectivity index (χ2n) is 8.30. The lowest BCUT2D eigenvalue weighted by atomic mass is 10.0. The summed E-state index contributed by atoms with van der Waals surface area (Å²) in [4.78, 5) is 12.1. The minimum atomic E-state index is -3.50. The van der Waals surface area contributed by atoms with Gasteiger partial charge in [0, 0.05) is 13.1 Å². The highest BCUT2D eigenvalue weighted by atomic mass is 32.2. The minimum absolute atomic E-state index is 0.309. The molecule has 0 radical (unpaired) electrons. The number of carboxylic acid groups (broad SMARTS) is 1. The zero-order chi connectivity index (χ0) is 23.3. The van der Waals surface area contributed by atoms with E-state index in [1.165, 1.54) is 4.31 Å². The summed E-state index contributed by atoms with van der Waals surface area (Å²) in [5.41, 5.74) is 4.19. The number of unbranched alkanes of at least 4 members (excludes halogenated alkanes) is 1. The summed E-state index contributed by atoms with van der Waals surface area (Å²) in [5, 5.41) is 9.66. The molecule has 0 heterocycles. The van der Waals surface area contributed by atoms with E-state index in [4.69, 9.17) is 0 Å². The van der Waals surface area contributed by atoms with Crippen molar-refractivity contribution in [1.29, 1.82) is 0 Å². The number of sulfonamides is 1. The molecule has 0 saturated heterocycles. The van der Waals surface area contributed by atoms with Gasteiger partial charge in [0.25, 0.3) is 0 Å². The Balaban J connectivity index is 1.73. The fraction of sp³-hybridized carbons (Fsp3) is 0.346. The van der Waals surface area contributed by atoms with Crippen LogP contribution in [0.1, 0.15) is 61.0 Å². The molecule has 1 aromatic carbocycles. The number of rotatable bonds is 10. The molecular weight excluding hydrogens is 422 g/mol. The molecule has 0 unspecified atom stereocenters. The van der Waals surface area contributed by atoms with Crippen molar-refractivity contribution in [3.63, 3.8) is 0 Å². The zero-order valence-electron chi connectivity index (χ0n) is 18.9. The van der Waals surface area contributed by atoms with E-state index in [-0.39, 0.29) is 0 Å². The van der Waals surface area contributed by atoms with Crippen LogP contribution in [0.5, 0.6) is 0 Å². The van der Waals surface area contributed by atoms with E-state index in [9.17, 15) is 18.3 Å². The maximum absolute atomic E-state index is 12.9. The largest absolute Gasteiger partial charge is 0.478 e. The summed E-state index contributed by atoms with van der Waals surface area (Å²) >= 11 is 0. The van der Waals surface area contributed by atoms with E-state index >= 15 is 0 Å². The van der Waals surface area contributed by atoms with Gasteiger partial charge in [-0.15, -0.1) is 0 Å². The molecule has 2 aliphatic rings. The van der Waals surface area contributed by atoms with Gasteiger partial charge in [0.15, 0.2) is 0 Å². The van der Waals surface area contributed by atoms with Crippen LogP contribution in [0.25, 0.3) is 11.1 Å². The van der Waals surface area contributed by atoms with Gasteiger partial charge >= 0.3 is 5.97 Å². The molecule has 6 heteroatoms. The number of carboxylic acids is 1. The van der Waals surface area contributed by atoms with Gasteiger partial charge < -0.3 is 5.11 Å². The molecule has 5 nitrogen and oxygen atoms in total. The van der Waals surface area contributed by atoms with Gasteiger partial charge in [-0.25, -0.2) is 13.2 Å². The Morgan fingerprint density at radius 3 is 2.22 bits per heavy atom. The molecule has 32 heavy (non-hydrogen) atoms. The molecule has 0 amide bonds. The van der Waals surface area contributed by atoms with Gasteiger partial charge in [-0.3, -0.25) is 0 Å². The average Bonchev–Trinajstić information content (AvgIpc) is 2.96. The van der Waals surface area contributed by atoms with E-state index in [0.29, 0.717) is 42.3 Å². The Morgan fingerprint density at radius 1 is 0.969 bits per heavy atom. The summed E-state index contributed by atoms with van der Waals surface area (Å²) in [6.07, 6.45) is 2.17. The van der Waals surface area contributed by atoms with Crippen LogP contribution in [0.2, 0.25) is 0 Å². The molecule has 0 aliphatic heterocycles. The van der Waals surface area contributed by atoms with Gasteiger partial charge in [-0.1, -0.05) is 63.2 Å². The van der Waals surface area contributed by atoms with E-state index in [1.54, 1.807) is 36.4 Å². The molecule has 0 atom stereocenters. The maximum Gasteiger partial charge on any atom is 0.336 e. The third kappa shape index (κ3) is 5.19. The molecule has 0 spiro atoms. The second-order valence-corrected chi connectivity index (χ2v) is 10.2. The summed E-state index contributed by atoms with van der Waals surface area (Å²) < 4.78 is 27.2. The number of fused-ring (bicyclic) bond motifs is 1. The number of aryl methyl sites for hydroxylation is 1. The first-order valence-electron chi connectivity index (χ1n) is 11.1. The summed E-state index contributed by atoms with van der Waals surface area (Å²) in [6.45, 7) is 6.91. The SMILES string of the molecule is CCN(CCCCc1cc(C(=O)O)c2ccc(C(C)C)ccc1-2)S(=O)(=O)c1ccccc1. The number of benzene rings is 1. The second kappa shape index (κ2) is 10.3. The Hall–Kier alpha value is -2.70. The van der Waals surface area contributed by atoms with Gasteiger partial charge in [0.1, 0.15) is 0 Å². The number of hydrogen-bond acceptors (Lipinski definition) is 3. The smallest absolute Gasteiger partial charge is 0.336 e. The number of nitrogens with zero attached hydrogens (tertiary/aromatic N) is 1. The Labute approximate surface area is 191 Å². The van der Waals surface area contributed by atoms with Crippen LogP contribution < -0.4 is 0 Å². The molecule has 0 saturated carbocycles. The zero-order valence-corrected chi connectivity index (χ0v) is 19.7. The van der Waals surface area contributed by atoms with Gasteiger partial charge in [-0.05, 0) is 65.6 Å². The van der Waals surface area contributed by atoms with Crippen LogP contribution in [0, 0.1) is 0 Å². The van der Waals surface area contributed by atoms with Crippen LogP contribution >= 0.6 is 0 Å². The first-order valence-corrected chi connectivity index (χ1v) is 12.5. The van der Waals surface area contributed by atoms with Gasteiger partial charge in [-0.2, -0.15) is 4.31 Å². The summed E-state index contributed by atoms with van der Waals surface area (Å²) in [6, 6.07) is 18.2. The molecule has 3 rings (SSSR count). The lowest BCUT2D eigenvalue weighted by Gasteiger charge is -2.20. The predicted molar refractivity (Wildman–Crippen MR) is 128 cm³/mol. The van der Waals surface area contributed by atoms with E-state index < -0.39 is 16.0 Å². The summed E-state index contributed by atoms with van der Waals surface area (Å²) in [7, 11) is -3.50. The molecule has 1 N–H and O–H groups in total. The monoisotopic (exact) mass is 453 g/mol. The maximum atomic E-state index is 12.9. The third-order valence-corrected chi connectivity index (χ3v) is 7.85. The van der Waals surface area contributed by atoms with E-state index in [2.05, 4.69) is 19.9 Å². The van der Waals surface area contributed by atoms with Crippen molar-refractivity contribution in [1.82, 2.24) is 4.31 Å². The summed E-state index contributed by atoms with van der Waals surface area (Å²) in [5.74, 6) is -0.570. The van der Waals surface area contributed by atoms with Crippen LogP contribution in [0.15, 0.2) is 65.6 Å². The van der Waals surface area contributed by atoms with E-state index in [0.717, 1.165) is 28.7 Å². The van der Waals surface area contributed by atoms with Gasteiger partial charge in [0.05, 0.1) is 10.5 Å². The van der Waals surface area contributed by atoms with Crippen LogP contribution in [-0.2, 0) is 16.4 Å². The Kier molecular flexibility index (Phi) is 7.69. The average molecular weight is 454 g/mol. The lowest BCUT2D eigenvalue weighted by Crippen LogP contribution is -2.31. The van der Waals surface area contributed by atoms with E-state index in [1.807, 2.05) is 25.1 Å². The molecule has 1 aromatic rings. The minimum Gasteiger partial charge on any atom is -0.478 e. The van der Waals surface area contributed by atoms with Crippen molar-refractivity contribution >= 4 is 16.0 Å². The fourth-order valence-corrected chi connectivity index (χ4v) is 5.51. The van der Waals surface area contributed by atoms with Crippen molar-refractivity contribution in [2.24, 2.45) is 0 Å².